The van der Waals surface area contributed by atoms with Gasteiger partial charge in [0.1, 0.15) is 12.7 Å². The molecule has 0 radical (unpaired) electrons. The molecule has 1 atom stereocenters. The number of carbonyl (C=O) groups excluding carboxylic acids is 1. The minimum atomic E-state index is -0.979. The fraction of sp³-hybridized carbons (Fsp3) is 0.688. The summed E-state index contributed by atoms with van der Waals surface area (Å²) in [5.74, 6) is -0.350. The molecule has 0 aliphatic carbocycles. The van der Waals surface area contributed by atoms with Gasteiger partial charge in [0.15, 0.2) is 0 Å². The van der Waals surface area contributed by atoms with E-state index in [1.807, 2.05) is 12.2 Å². The van der Waals surface area contributed by atoms with E-state index in [-0.39, 0.29) is 12.6 Å². The average Bonchev–Trinajstić information content (AvgIpc) is 2.46. The number of esters is 1. The quantitative estimate of drug-likeness (QED) is 0.328. The summed E-state index contributed by atoms with van der Waals surface area (Å²) >= 11 is 0. The number of hydrogen-bond acceptors (Lipinski definition) is 4. The predicted molar refractivity (Wildman–Crippen MR) is 80.3 cm³/mol. The van der Waals surface area contributed by atoms with E-state index in [2.05, 4.69) is 19.1 Å². The summed E-state index contributed by atoms with van der Waals surface area (Å²) in [7, 11) is 0. The molecular formula is C16H28O4. The number of carbonyl (C=O) groups is 1. The molecule has 0 amide bonds. The highest BCUT2D eigenvalue weighted by Gasteiger charge is 2.06. The Balaban J connectivity index is 3.44. The zero-order valence-corrected chi connectivity index (χ0v) is 12.5. The molecule has 4 heteroatoms. The molecule has 2 N–H and O–H groups in total. The Hall–Kier alpha value is -1.13. The lowest BCUT2D eigenvalue weighted by molar-refractivity contribution is -0.147. The highest BCUT2D eigenvalue weighted by Crippen LogP contribution is 2.01. The molecule has 0 saturated heterocycles. The van der Waals surface area contributed by atoms with Gasteiger partial charge < -0.3 is 14.9 Å². The molecule has 0 spiro atoms. The Labute approximate surface area is 122 Å². The molecule has 0 aromatic carbocycles. The first-order valence-corrected chi connectivity index (χ1v) is 7.45. The van der Waals surface area contributed by atoms with Crippen molar-refractivity contribution in [3.05, 3.63) is 24.3 Å². The molecule has 0 rings (SSSR count). The highest BCUT2D eigenvalue weighted by molar-refractivity contribution is 5.69. The molecule has 0 aromatic rings. The smallest absolute Gasteiger partial charge is 0.306 e. The first kappa shape index (κ1) is 18.9. The summed E-state index contributed by atoms with van der Waals surface area (Å²) in [6.07, 6.45) is 14.1. The van der Waals surface area contributed by atoms with E-state index in [1.165, 1.54) is 19.3 Å². The summed E-state index contributed by atoms with van der Waals surface area (Å²) in [5, 5.41) is 17.6. The molecule has 0 fully saturated rings. The number of unbranched alkanes of at least 4 members (excludes halogenated alkanes) is 3. The minimum absolute atomic E-state index is 0.139. The normalized spacial score (nSPS) is 13.2. The average molecular weight is 284 g/mol. The van der Waals surface area contributed by atoms with Gasteiger partial charge in [-0.05, 0) is 25.7 Å². The molecule has 0 aromatic heterocycles. The fourth-order valence-electron chi connectivity index (χ4n) is 1.53. The van der Waals surface area contributed by atoms with Crippen LogP contribution in [0.4, 0.5) is 0 Å². The third-order valence-corrected chi connectivity index (χ3v) is 2.74. The Morgan fingerprint density at radius 1 is 1.15 bits per heavy atom. The number of ether oxygens (including phenoxy) is 1. The predicted octanol–water partition coefficient (Wildman–Crippen LogP) is 2.75. The molecular weight excluding hydrogens is 256 g/mol. The largest absolute Gasteiger partial charge is 0.463 e. The molecule has 0 aliphatic rings. The first-order chi connectivity index (χ1) is 9.70. The SMILES string of the molecule is CCCCC/C=C\C/C=C\CCC(=O)OCC(O)CO. The number of aliphatic hydroxyl groups is 2. The van der Waals surface area contributed by atoms with Gasteiger partial charge in [-0.25, -0.2) is 0 Å². The molecule has 1 unspecified atom stereocenters. The Kier molecular flexibility index (Phi) is 13.5. The van der Waals surface area contributed by atoms with E-state index in [0.29, 0.717) is 12.8 Å². The van der Waals surface area contributed by atoms with Crippen molar-refractivity contribution in [2.24, 2.45) is 0 Å². The molecule has 0 bridgehead atoms. The Bertz CT molecular complexity index is 284. The summed E-state index contributed by atoms with van der Waals surface area (Å²) in [6, 6.07) is 0. The van der Waals surface area contributed by atoms with Crippen LogP contribution in [0.5, 0.6) is 0 Å². The maximum Gasteiger partial charge on any atom is 0.306 e. The van der Waals surface area contributed by atoms with E-state index < -0.39 is 12.7 Å². The van der Waals surface area contributed by atoms with Crippen molar-refractivity contribution < 1.29 is 19.7 Å². The highest BCUT2D eigenvalue weighted by atomic mass is 16.5. The molecule has 116 valence electrons. The molecule has 4 nitrogen and oxygen atoms in total. The zero-order chi connectivity index (χ0) is 15.1. The summed E-state index contributed by atoms with van der Waals surface area (Å²) < 4.78 is 4.78. The van der Waals surface area contributed by atoms with Crippen molar-refractivity contribution in [2.75, 3.05) is 13.2 Å². The van der Waals surface area contributed by atoms with Crippen molar-refractivity contribution >= 4 is 5.97 Å². The number of rotatable bonds is 12. The lowest BCUT2D eigenvalue weighted by Crippen LogP contribution is -2.21. The van der Waals surface area contributed by atoms with Crippen LogP contribution in [0.1, 0.15) is 51.9 Å². The van der Waals surface area contributed by atoms with E-state index in [9.17, 15) is 4.79 Å². The van der Waals surface area contributed by atoms with Gasteiger partial charge in [0.2, 0.25) is 0 Å². The fourth-order valence-corrected chi connectivity index (χ4v) is 1.53. The van der Waals surface area contributed by atoms with Crippen molar-refractivity contribution in [1.29, 1.82) is 0 Å². The van der Waals surface area contributed by atoms with Crippen LogP contribution in [-0.4, -0.2) is 35.5 Å². The molecule has 20 heavy (non-hydrogen) atoms. The van der Waals surface area contributed by atoms with Crippen LogP contribution in [-0.2, 0) is 9.53 Å². The maximum absolute atomic E-state index is 11.2. The van der Waals surface area contributed by atoms with Crippen molar-refractivity contribution in [2.45, 2.75) is 58.0 Å². The maximum atomic E-state index is 11.2. The van der Waals surface area contributed by atoms with Crippen LogP contribution in [0, 0.1) is 0 Å². The second-order valence-corrected chi connectivity index (χ2v) is 4.73. The van der Waals surface area contributed by atoms with Crippen LogP contribution in [0.3, 0.4) is 0 Å². The van der Waals surface area contributed by atoms with Crippen LogP contribution in [0.15, 0.2) is 24.3 Å². The minimum Gasteiger partial charge on any atom is -0.463 e. The van der Waals surface area contributed by atoms with Crippen LogP contribution >= 0.6 is 0 Å². The topological polar surface area (TPSA) is 66.8 Å². The number of hydrogen-bond donors (Lipinski definition) is 2. The second-order valence-electron chi connectivity index (χ2n) is 4.73. The molecule has 0 heterocycles. The Morgan fingerprint density at radius 3 is 2.50 bits per heavy atom. The van der Waals surface area contributed by atoms with Gasteiger partial charge in [0.25, 0.3) is 0 Å². The van der Waals surface area contributed by atoms with Gasteiger partial charge in [0.05, 0.1) is 6.61 Å². The summed E-state index contributed by atoms with van der Waals surface area (Å²) in [4.78, 5) is 11.2. The first-order valence-electron chi connectivity index (χ1n) is 7.45. The number of aliphatic hydroxyl groups excluding tert-OH is 2. The van der Waals surface area contributed by atoms with Crippen molar-refractivity contribution in [3.63, 3.8) is 0 Å². The van der Waals surface area contributed by atoms with Crippen molar-refractivity contribution in [3.8, 4) is 0 Å². The summed E-state index contributed by atoms with van der Waals surface area (Å²) in [6.45, 7) is 1.67. The van der Waals surface area contributed by atoms with Gasteiger partial charge >= 0.3 is 5.97 Å². The molecule has 0 aliphatic heterocycles. The van der Waals surface area contributed by atoms with Gasteiger partial charge in [-0.2, -0.15) is 0 Å². The summed E-state index contributed by atoms with van der Waals surface area (Å²) in [5.41, 5.74) is 0. The third kappa shape index (κ3) is 13.3. The van der Waals surface area contributed by atoms with E-state index in [1.54, 1.807) is 0 Å². The van der Waals surface area contributed by atoms with E-state index in [4.69, 9.17) is 14.9 Å². The van der Waals surface area contributed by atoms with E-state index >= 15 is 0 Å². The van der Waals surface area contributed by atoms with E-state index in [0.717, 1.165) is 12.8 Å². The standard InChI is InChI=1S/C16H28O4/c1-2-3-4-5-6-7-8-9-10-11-12-16(19)20-14-15(18)13-17/h6-7,9-10,15,17-18H,2-5,8,11-14H2,1H3/b7-6-,10-9-. The Morgan fingerprint density at radius 2 is 1.85 bits per heavy atom. The van der Waals surface area contributed by atoms with Crippen molar-refractivity contribution in [1.82, 2.24) is 0 Å². The number of allylic oxidation sites excluding steroid dienone is 4. The van der Waals surface area contributed by atoms with Gasteiger partial charge in [-0.3, -0.25) is 4.79 Å². The molecule has 0 saturated carbocycles. The lowest BCUT2D eigenvalue weighted by Gasteiger charge is -2.07. The third-order valence-electron chi connectivity index (χ3n) is 2.74. The lowest BCUT2D eigenvalue weighted by atomic mass is 10.2. The zero-order valence-electron chi connectivity index (χ0n) is 12.5. The van der Waals surface area contributed by atoms with Gasteiger partial charge in [-0.1, -0.05) is 44.1 Å². The van der Waals surface area contributed by atoms with Gasteiger partial charge in [-0.15, -0.1) is 0 Å². The van der Waals surface area contributed by atoms with Crippen LogP contribution in [0.2, 0.25) is 0 Å². The van der Waals surface area contributed by atoms with Crippen LogP contribution in [0.25, 0.3) is 0 Å². The van der Waals surface area contributed by atoms with Gasteiger partial charge in [0, 0.05) is 6.42 Å². The van der Waals surface area contributed by atoms with Crippen LogP contribution < -0.4 is 0 Å². The second kappa shape index (κ2) is 14.3. The monoisotopic (exact) mass is 284 g/mol.